The zero-order valence-electron chi connectivity index (χ0n) is 14.3. The smallest absolute Gasteiger partial charge is 0.278 e. The number of H-pyrrole nitrogens is 1. The van der Waals surface area contributed by atoms with Crippen molar-refractivity contribution < 1.29 is 4.79 Å². The van der Waals surface area contributed by atoms with E-state index in [0.29, 0.717) is 29.6 Å². The molecule has 1 aromatic heterocycles. The van der Waals surface area contributed by atoms with Crippen LogP contribution in [0.25, 0.3) is 0 Å². The van der Waals surface area contributed by atoms with Crippen LogP contribution in [0.1, 0.15) is 30.3 Å². The van der Waals surface area contributed by atoms with Crippen LogP contribution in [0.2, 0.25) is 5.02 Å². The number of nitrogens with one attached hydrogen (secondary N) is 2. The van der Waals surface area contributed by atoms with E-state index in [1.165, 1.54) is 12.8 Å². The number of unbranched alkanes of at least 4 members (excludes halogenated alkanes) is 1. The summed E-state index contributed by atoms with van der Waals surface area (Å²) in [6.45, 7) is 6.53. The molecule has 8 heteroatoms. The van der Waals surface area contributed by atoms with E-state index in [9.17, 15) is 4.79 Å². The molecule has 2 heterocycles. The van der Waals surface area contributed by atoms with E-state index in [2.05, 4.69) is 32.6 Å². The average Bonchev–Trinajstić information content (AvgIpc) is 3.08. The Morgan fingerprint density at radius 3 is 2.80 bits per heavy atom. The molecule has 2 aromatic rings. The molecule has 1 aliphatic heterocycles. The second kappa shape index (κ2) is 8.31. The Labute approximate surface area is 152 Å². The number of amides is 1. The fourth-order valence-electron chi connectivity index (χ4n) is 2.88. The molecule has 134 valence electrons. The second-order valence-electron chi connectivity index (χ2n) is 6.14. The number of carbonyl (C=O) groups is 1. The lowest BCUT2D eigenvalue weighted by molar-refractivity contribution is 0.0631. The third-order valence-corrected chi connectivity index (χ3v) is 4.56. The van der Waals surface area contributed by atoms with E-state index in [1.807, 2.05) is 17.0 Å². The molecule has 0 atom stereocenters. The van der Waals surface area contributed by atoms with Crippen molar-refractivity contribution in [2.75, 3.05) is 38.0 Å². The standard InChI is InChI=1S/C17H23ClN6O/c1-2-3-7-23-8-10-24(11-9-23)17(25)15-16(21-22-20-15)19-14-6-4-5-13(18)12-14/h4-6,12H,2-3,7-11H2,1H3,(H2,19,20,21,22). The van der Waals surface area contributed by atoms with Crippen molar-refractivity contribution in [2.45, 2.75) is 19.8 Å². The summed E-state index contributed by atoms with van der Waals surface area (Å²) >= 11 is 6.00. The molecule has 0 saturated carbocycles. The van der Waals surface area contributed by atoms with Crippen LogP contribution in [0.15, 0.2) is 24.3 Å². The van der Waals surface area contributed by atoms with E-state index in [-0.39, 0.29) is 5.91 Å². The van der Waals surface area contributed by atoms with Crippen molar-refractivity contribution in [1.82, 2.24) is 25.2 Å². The van der Waals surface area contributed by atoms with Crippen LogP contribution < -0.4 is 5.32 Å². The Kier molecular flexibility index (Phi) is 5.88. The predicted molar refractivity (Wildman–Crippen MR) is 98.4 cm³/mol. The average molecular weight is 363 g/mol. The molecule has 0 unspecified atom stereocenters. The van der Waals surface area contributed by atoms with Gasteiger partial charge in [0.15, 0.2) is 11.5 Å². The van der Waals surface area contributed by atoms with E-state index in [4.69, 9.17) is 11.6 Å². The Bertz CT molecular complexity index is 711. The largest absolute Gasteiger partial charge is 0.337 e. The zero-order valence-corrected chi connectivity index (χ0v) is 15.1. The molecule has 1 aromatic carbocycles. The Hall–Kier alpha value is -2.12. The first-order valence-electron chi connectivity index (χ1n) is 8.62. The number of hydrogen-bond donors (Lipinski definition) is 2. The van der Waals surface area contributed by atoms with E-state index >= 15 is 0 Å². The molecule has 1 saturated heterocycles. The van der Waals surface area contributed by atoms with E-state index in [1.54, 1.807) is 12.1 Å². The van der Waals surface area contributed by atoms with Crippen molar-refractivity contribution in [3.8, 4) is 0 Å². The van der Waals surface area contributed by atoms with E-state index < -0.39 is 0 Å². The first-order chi connectivity index (χ1) is 12.2. The molecule has 0 bridgehead atoms. The van der Waals surface area contributed by atoms with Crippen molar-refractivity contribution in [2.24, 2.45) is 0 Å². The van der Waals surface area contributed by atoms with Gasteiger partial charge in [-0.2, -0.15) is 5.21 Å². The van der Waals surface area contributed by atoms with Crippen LogP contribution in [0, 0.1) is 0 Å². The quantitative estimate of drug-likeness (QED) is 0.826. The van der Waals surface area contributed by atoms with Gasteiger partial charge in [0, 0.05) is 36.9 Å². The summed E-state index contributed by atoms with van der Waals surface area (Å²) in [5.74, 6) is 0.314. The lowest BCUT2D eigenvalue weighted by atomic mass is 10.2. The molecule has 3 rings (SSSR count). The molecule has 2 N–H and O–H groups in total. The van der Waals surface area contributed by atoms with Gasteiger partial charge >= 0.3 is 0 Å². The summed E-state index contributed by atoms with van der Waals surface area (Å²) in [6.07, 6.45) is 2.39. The van der Waals surface area contributed by atoms with Gasteiger partial charge < -0.3 is 10.2 Å². The Morgan fingerprint density at radius 1 is 1.28 bits per heavy atom. The zero-order chi connectivity index (χ0) is 17.6. The van der Waals surface area contributed by atoms with Crippen LogP contribution in [0.3, 0.4) is 0 Å². The van der Waals surface area contributed by atoms with Gasteiger partial charge in [-0.25, -0.2) is 0 Å². The number of halogens is 1. The Morgan fingerprint density at radius 2 is 2.08 bits per heavy atom. The summed E-state index contributed by atoms with van der Waals surface area (Å²) < 4.78 is 0. The fraction of sp³-hybridized carbons (Fsp3) is 0.471. The van der Waals surface area contributed by atoms with Crippen LogP contribution in [-0.4, -0.2) is 63.8 Å². The highest BCUT2D eigenvalue weighted by molar-refractivity contribution is 6.30. The van der Waals surface area contributed by atoms with Gasteiger partial charge in [-0.1, -0.05) is 31.0 Å². The number of aromatic nitrogens is 3. The number of carbonyl (C=O) groups excluding carboxylic acids is 1. The molecule has 1 aliphatic rings. The number of hydrogen-bond acceptors (Lipinski definition) is 5. The second-order valence-corrected chi connectivity index (χ2v) is 6.58. The van der Waals surface area contributed by atoms with Crippen molar-refractivity contribution in [3.63, 3.8) is 0 Å². The monoisotopic (exact) mass is 362 g/mol. The fourth-order valence-corrected chi connectivity index (χ4v) is 3.07. The maximum absolute atomic E-state index is 12.8. The maximum atomic E-state index is 12.8. The lowest BCUT2D eigenvalue weighted by Gasteiger charge is -2.34. The van der Waals surface area contributed by atoms with Gasteiger partial charge in [0.05, 0.1) is 0 Å². The maximum Gasteiger partial charge on any atom is 0.278 e. The van der Waals surface area contributed by atoms with Crippen molar-refractivity contribution >= 4 is 29.0 Å². The number of benzene rings is 1. The minimum Gasteiger partial charge on any atom is -0.337 e. The molecular weight excluding hydrogens is 340 g/mol. The number of rotatable bonds is 6. The van der Waals surface area contributed by atoms with E-state index in [0.717, 1.165) is 25.3 Å². The number of anilines is 2. The van der Waals surface area contributed by atoms with Gasteiger partial charge in [-0.15, -0.1) is 10.2 Å². The van der Waals surface area contributed by atoms with Crippen molar-refractivity contribution in [3.05, 3.63) is 35.0 Å². The predicted octanol–water partition coefficient (Wildman–Crippen LogP) is 2.76. The first-order valence-corrected chi connectivity index (χ1v) is 9.00. The number of piperazine rings is 1. The normalized spacial score (nSPS) is 15.4. The van der Waals surface area contributed by atoms with Crippen LogP contribution in [-0.2, 0) is 0 Å². The van der Waals surface area contributed by atoms with Gasteiger partial charge in [-0.3, -0.25) is 9.69 Å². The van der Waals surface area contributed by atoms with Crippen LogP contribution >= 0.6 is 11.6 Å². The molecule has 0 aliphatic carbocycles. The minimum atomic E-state index is -0.103. The van der Waals surface area contributed by atoms with Gasteiger partial charge in [0.1, 0.15) is 0 Å². The summed E-state index contributed by atoms with van der Waals surface area (Å²) in [5.41, 5.74) is 1.07. The summed E-state index contributed by atoms with van der Waals surface area (Å²) in [4.78, 5) is 17.0. The van der Waals surface area contributed by atoms with Crippen LogP contribution in [0.4, 0.5) is 11.5 Å². The number of aromatic amines is 1. The first kappa shape index (κ1) is 17.7. The summed E-state index contributed by atoms with van der Waals surface area (Å²) in [5, 5.41) is 14.4. The highest BCUT2D eigenvalue weighted by Crippen LogP contribution is 2.21. The summed E-state index contributed by atoms with van der Waals surface area (Å²) in [7, 11) is 0. The molecule has 1 amide bonds. The molecule has 0 spiro atoms. The van der Waals surface area contributed by atoms with Gasteiger partial charge in [0.25, 0.3) is 5.91 Å². The number of nitrogens with zero attached hydrogens (tertiary/aromatic N) is 4. The highest BCUT2D eigenvalue weighted by Gasteiger charge is 2.26. The van der Waals surface area contributed by atoms with Gasteiger partial charge in [0.2, 0.25) is 0 Å². The summed E-state index contributed by atoms with van der Waals surface area (Å²) in [6, 6.07) is 7.26. The highest BCUT2D eigenvalue weighted by atomic mass is 35.5. The third-order valence-electron chi connectivity index (χ3n) is 4.33. The van der Waals surface area contributed by atoms with Crippen LogP contribution in [0.5, 0.6) is 0 Å². The lowest BCUT2D eigenvalue weighted by Crippen LogP contribution is -2.49. The molecule has 25 heavy (non-hydrogen) atoms. The molecule has 7 nitrogen and oxygen atoms in total. The molecular formula is C17H23ClN6O. The van der Waals surface area contributed by atoms with Gasteiger partial charge in [-0.05, 0) is 31.2 Å². The molecule has 0 radical (unpaired) electrons. The molecule has 1 fully saturated rings. The minimum absolute atomic E-state index is 0.103. The Balaban J connectivity index is 1.63. The SMILES string of the molecule is CCCCN1CCN(C(=O)c2n[nH]nc2Nc2cccc(Cl)c2)CC1. The topological polar surface area (TPSA) is 77.2 Å². The third kappa shape index (κ3) is 4.49. The van der Waals surface area contributed by atoms with Crippen molar-refractivity contribution in [1.29, 1.82) is 0 Å².